The Morgan fingerprint density at radius 3 is 2.42 bits per heavy atom. The number of carbonyl (C=O) groups is 4. The highest BCUT2D eigenvalue weighted by Crippen LogP contribution is 2.18. The van der Waals surface area contributed by atoms with Crippen molar-refractivity contribution < 1.29 is 24.3 Å². The number of nitrogens with one attached hydrogen (secondary N) is 2. The van der Waals surface area contributed by atoms with Gasteiger partial charge in [-0.05, 0) is 30.7 Å². The summed E-state index contributed by atoms with van der Waals surface area (Å²) in [5.41, 5.74) is 6.73. The lowest BCUT2D eigenvalue weighted by Crippen LogP contribution is -2.67. The lowest BCUT2D eigenvalue weighted by atomic mass is 10.0. The van der Waals surface area contributed by atoms with Crippen LogP contribution in [-0.4, -0.2) is 74.7 Å². The number of nitrogen functional groups attached to an aromatic ring is 1. The van der Waals surface area contributed by atoms with Gasteiger partial charge in [0.05, 0.1) is 6.54 Å². The Balaban J connectivity index is 1.83. The molecule has 2 atom stereocenters. The molecule has 0 bridgehead atoms. The number of amidine groups is 1. The van der Waals surface area contributed by atoms with Gasteiger partial charge in [-0.25, -0.2) is 4.79 Å². The number of benzene rings is 1. The normalized spacial score (nSPS) is 16.9. The standard InChI is InChI=1S/C22H24N6O5/c1-2-27-17(26-19(29)15-7-5-14(6-8-15)18(23)24)12-28(21(31)20(27)30)16(22(32)33)10-13-4-3-9-25-11-13/h3-9,11,16-17H,2,10,12H2,1H3,(H3,23,24)(H,26,29)(H,32,33). The van der Waals surface area contributed by atoms with Gasteiger partial charge in [-0.3, -0.25) is 24.8 Å². The van der Waals surface area contributed by atoms with E-state index in [0.717, 1.165) is 4.90 Å². The number of carbonyl (C=O) groups excluding carboxylic acids is 3. The molecule has 0 radical (unpaired) electrons. The summed E-state index contributed by atoms with van der Waals surface area (Å²) in [5, 5.41) is 19.9. The fourth-order valence-corrected chi connectivity index (χ4v) is 3.62. The van der Waals surface area contributed by atoms with Gasteiger partial charge in [-0.2, -0.15) is 0 Å². The van der Waals surface area contributed by atoms with E-state index in [1.807, 2.05) is 0 Å². The molecule has 11 nitrogen and oxygen atoms in total. The average molecular weight is 452 g/mol. The van der Waals surface area contributed by atoms with E-state index in [9.17, 15) is 24.3 Å². The topological polar surface area (TPSA) is 170 Å². The van der Waals surface area contributed by atoms with Gasteiger partial charge in [0, 0.05) is 36.5 Å². The molecule has 3 rings (SSSR count). The molecule has 0 aliphatic carbocycles. The Bertz CT molecular complexity index is 1070. The lowest BCUT2D eigenvalue weighted by molar-refractivity contribution is -0.165. The van der Waals surface area contributed by atoms with Crippen molar-refractivity contribution in [1.82, 2.24) is 20.1 Å². The number of nitrogens with zero attached hydrogens (tertiary/aromatic N) is 3. The van der Waals surface area contributed by atoms with Crippen molar-refractivity contribution in [2.75, 3.05) is 13.1 Å². The lowest BCUT2D eigenvalue weighted by Gasteiger charge is -2.42. The van der Waals surface area contributed by atoms with Crippen LogP contribution in [0.3, 0.4) is 0 Å². The summed E-state index contributed by atoms with van der Waals surface area (Å²) in [6.45, 7) is 1.62. The Kier molecular flexibility index (Phi) is 7.01. The minimum absolute atomic E-state index is 0.0402. The Morgan fingerprint density at radius 2 is 1.88 bits per heavy atom. The largest absolute Gasteiger partial charge is 0.480 e. The number of hydrogen-bond donors (Lipinski definition) is 4. The van der Waals surface area contributed by atoms with E-state index < -0.39 is 35.9 Å². The zero-order valence-electron chi connectivity index (χ0n) is 17.9. The van der Waals surface area contributed by atoms with Crippen LogP contribution in [0.25, 0.3) is 0 Å². The minimum Gasteiger partial charge on any atom is -0.480 e. The summed E-state index contributed by atoms with van der Waals surface area (Å²) < 4.78 is 0. The molecule has 1 saturated heterocycles. The maximum absolute atomic E-state index is 12.8. The van der Waals surface area contributed by atoms with E-state index in [0.29, 0.717) is 11.1 Å². The molecule has 2 heterocycles. The van der Waals surface area contributed by atoms with Crippen LogP contribution in [0.5, 0.6) is 0 Å². The maximum atomic E-state index is 12.8. The molecule has 1 aliphatic rings. The van der Waals surface area contributed by atoms with E-state index in [1.165, 1.54) is 35.4 Å². The second-order valence-corrected chi connectivity index (χ2v) is 7.45. The van der Waals surface area contributed by atoms with Gasteiger partial charge in [-0.15, -0.1) is 0 Å². The number of rotatable bonds is 8. The molecule has 1 fully saturated rings. The number of nitrogens with two attached hydrogens (primary N) is 1. The fraction of sp³-hybridized carbons (Fsp3) is 0.273. The number of piperazine rings is 1. The van der Waals surface area contributed by atoms with E-state index in [-0.39, 0.29) is 30.9 Å². The Morgan fingerprint density at radius 1 is 1.21 bits per heavy atom. The molecule has 5 N–H and O–H groups in total. The first-order chi connectivity index (χ1) is 15.7. The summed E-state index contributed by atoms with van der Waals surface area (Å²) in [6, 6.07) is 8.03. The van der Waals surface area contributed by atoms with Gasteiger partial charge in [-0.1, -0.05) is 18.2 Å². The van der Waals surface area contributed by atoms with Crippen LogP contribution in [0.15, 0.2) is 48.8 Å². The summed E-state index contributed by atoms with van der Waals surface area (Å²) in [6.07, 6.45) is 2.08. The van der Waals surface area contributed by atoms with Crippen molar-refractivity contribution in [1.29, 1.82) is 5.41 Å². The minimum atomic E-state index is -1.31. The summed E-state index contributed by atoms with van der Waals surface area (Å²) in [7, 11) is 0. The van der Waals surface area contributed by atoms with Crippen LogP contribution in [0.4, 0.5) is 0 Å². The van der Waals surface area contributed by atoms with Gasteiger partial charge in [0.1, 0.15) is 18.0 Å². The molecule has 2 aromatic rings. The number of carboxylic acid groups (broad SMARTS) is 1. The van der Waals surface area contributed by atoms with Gasteiger partial charge in [0.2, 0.25) is 0 Å². The molecule has 2 unspecified atom stereocenters. The monoisotopic (exact) mass is 452 g/mol. The molecular formula is C22H24N6O5. The third kappa shape index (κ3) is 5.14. The maximum Gasteiger partial charge on any atom is 0.326 e. The SMILES string of the molecule is CCN1C(=O)C(=O)N(C(Cc2cccnc2)C(=O)O)CC1NC(=O)c1ccc(C(=N)N)cc1. The number of amides is 3. The first kappa shape index (κ1) is 23.4. The zero-order valence-corrected chi connectivity index (χ0v) is 17.9. The molecular weight excluding hydrogens is 428 g/mol. The van der Waals surface area contributed by atoms with Crippen LogP contribution < -0.4 is 11.1 Å². The Hall–Kier alpha value is -4.28. The second kappa shape index (κ2) is 9.90. The summed E-state index contributed by atoms with van der Waals surface area (Å²) in [5.74, 6) is -3.76. The number of aromatic nitrogens is 1. The quantitative estimate of drug-likeness (QED) is 0.244. The first-order valence-electron chi connectivity index (χ1n) is 10.2. The smallest absolute Gasteiger partial charge is 0.326 e. The zero-order chi connectivity index (χ0) is 24.1. The number of carboxylic acids is 1. The first-order valence-corrected chi connectivity index (χ1v) is 10.2. The fourth-order valence-electron chi connectivity index (χ4n) is 3.62. The number of aliphatic carboxylic acids is 1. The molecule has 1 aromatic heterocycles. The summed E-state index contributed by atoms with van der Waals surface area (Å²) in [4.78, 5) is 56.4. The second-order valence-electron chi connectivity index (χ2n) is 7.45. The highest BCUT2D eigenvalue weighted by Gasteiger charge is 2.43. The number of likely N-dealkylation sites (N-methyl/N-ethyl adjacent to an activating group) is 1. The van der Waals surface area contributed by atoms with Gasteiger partial charge in [0.15, 0.2) is 0 Å². The summed E-state index contributed by atoms with van der Waals surface area (Å²) >= 11 is 0. The molecule has 0 spiro atoms. The van der Waals surface area contributed by atoms with Gasteiger partial charge < -0.3 is 26.0 Å². The predicted octanol–water partition coefficient (Wildman–Crippen LogP) is -0.192. The highest BCUT2D eigenvalue weighted by molar-refractivity contribution is 6.36. The van der Waals surface area contributed by atoms with E-state index in [4.69, 9.17) is 11.1 Å². The average Bonchev–Trinajstić information content (AvgIpc) is 2.80. The molecule has 11 heteroatoms. The van der Waals surface area contributed by atoms with E-state index in [1.54, 1.807) is 25.3 Å². The van der Waals surface area contributed by atoms with Crippen LogP contribution in [0.2, 0.25) is 0 Å². The molecule has 1 aliphatic heterocycles. The number of pyridine rings is 1. The van der Waals surface area contributed by atoms with Crippen molar-refractivity contribution in [2.45, 2.75) is 25.6 Å². The van der Waals surface area contributed by atoms with Gasteiger partial charge >= 0.3 is 17.8 Å². The third-order valence-electron chi connectivity index (χ3n) is 5.36. The van der Waals surface area contributed by atoms with Crippen LogP contribution in [-0.2, 0) is 20.8 Å². The van der Waals surface area contributed by atoms with E-state index in [2.05, 4.69) is 10.3 Å². The highest BCUT2D eigenvalue weighted by atomic mass is 16.4. The Labute approximate surface area is 189 Å². The molecule has 1 aromatic carbocycles. The third-order valence-corrected chi connectivity index (χ3v) is 5.36. The van der Waals surface area contributed by atoms with Crippen molar-refractivity contribution in [3.05, 3.63) is 65.5 Å². The predicted molar refractivity (Wildman–Crippen MR) is 117 cm³/mol. The molecule has 0 saturated carbocycles. The van der Waals surface area contributed by atoms with Crippen molar-refractivity contribution in [3.8, 4) is 0 Å². The van der Waals surface area contributed by atoms with Crippen LogP contribution in [0, 0.1) is 5.41 Å². The molecule has 33 heavy (non-hydrogen) atoms. The molecule has 172 valence electrons. The van der Waals surface area contributed by atoms with Crippen molar-refractivity contribution >= 4 is 29.5 Å². The van der Waals surface area contributed by atoms with Gasteiger partial charge in [0.25, 0.3) is 5.91 Å². The number of hydrogen-bond acceptors (Lipinski definition) is 6. The molecule has 3 amide bonds. The van der Waals surface area contributed by atoms with Crippen LogP contribution >= 0.6 is 0 Å². The van der Waals surface area contributed by atoms with Crippen molar-refractivity contribution in [3.63, 3.8) is 0 Å². The van der Waals surface area contributed by atoms with Crippen molar-refractivity contribution in [2.24, 2.45) is 5.73 Å². The van der Waals surface area contributed by atoms with E-state index >= 15 is 0 Å². The van der Waals surface area contributed by atoms with Crippen LogP contribution in [0.1, 0.15) is 28.4 Å².